The Balaban J connectivity index is 2.24. The lowest BCUT2D eigenvalue weighted by atomic mass is 10.1. The maximum atomic E-state index is 13.7. The number of benzene rings is 2. The Morgan fingerprint density at radius 3 is 2.29 bits per heavy atom. The second-order valence-corrected chi connectivity index (χ2v) is 5.93. The van der Waals surface area contributed by atoms with E-state index in [4.69, 9.17) is 34.8 Å². The molecule has 0 aliphatic rings. The number of nitrogens with one attached hydrogen (secondary N) is 2. The smallest absolute Gasteiger partial charge is 0.276 e. The van der Waals surface area contributed by atoms with Crippen LogP contribution >= 0.6 is 34.8 Å². The summed E-state index contributed by atoms with van der Waals surface area (Å²) in [5.41, 5.74) is 4.00. The zero-order valence-electron chi connectivity index (χ0n) is 12.0. The zero-order valence-corrected chi connectivity index (χ0v) is 14.3. The molecule has 10 heteroatoms. The predicted octanol–water partition coefficient (Wildman–Crippen LogP) is 4.76. The van der Waals surface area contributed by atoms with Gasteiger partial charge in [-0.1, -0.05) is 34.8 Å². The van der Waals surface area contributed by atoms with E-state index < -0.39 is 22.3 Å². The first-order valence-electron chi connectivity index (χ1n) is 6.36. The summed E-state index contributed by atoms with van der Waals surface area (Å²) in [4.78, 5) is 22.2. The van der Waals surface area contributed by atoms with Crippen molar-refractivity contribution in [3.63, 3.8) is 0 Å². The number of hydrogen-bond donors (Lipinski definition) is 2. The van der Waals surface area contributed by atoms with Gasteiger partial charge in [0, 0.05) is 11.1 Å². The van der Waals surface area contributed by atoms with E-state index in [1.165, 1.54) is 19.1 Å². The van der Waals surface area contributed by atoms with Gasteiger partial charge in [0.2, 0.25) is 0 Å². The summed E-state index contributed by atoms with van der Waals surface area (Å²) in [6.45, 7) is 1.25. The van der Waals surface area contributed by atoms with Crippen molar-refractivity contribution in [2.24, 2.45) is 0 Å². The van der Waals surface area contributed by atoms with Gasteiger partial charge in [-0.05, 0) is 25.1 Å². The van der Waals surface area contributed by atoms with E-state index >= 15 is 0 Å². The summed E-state index contributed by atoms with van der Waals surface area (Å²) in [5, 5.41) is 11.5. The summed E-state index contributed by atoms with van der Waals surface area (Å²) in [5.74, 6) is -1.67. The van der Waals surface area contributed by atoms with Crippen LogP contribution in [-0.2, 0) is 0 Å². The van der Waals surface area contributed by atoms with Gasteiger partial charge < -0.3 is 0 Å². The maximum Gasteiger partial charge on any atom is 0.276 e. The van der Waals surface area contributed by atoms with E-state index in [0.717, 1.165) is 12.1 Å². The van der Waals surface area contributed by atoms with Crippen molar-refractivity contribution in [1.29, 1.82) is 0 Å². The highest BCUT2D eigenvalue weighted by Gasteiger charge is 2.19. The first-order chi connectivity index (χ1) is 11.2. The number of carbonyl (C=O) groups excluding carboxylic acids is 1. The third-order valence-electron chi connectivity index (χ3n) is 3.08. The number of anilines is 1. The molecule has 1 amide bonds. The number of nitro groups is 1. The molecule has 6 nitrogen and oxygen atoms in total. The minimum absolute atomic E-state index is 0.147. The quantitative estimate of drug-likeness (QED) is 0.580. The third kappa shape index (κ3) is 3.87. The van der Waals surface area contributed by atoms with Crippen molar-refractivity contribution in [1.82, 2.24) is 5.43 Å². The van der Waals surface area contributed by atoms with Crippen LogP contribution in [0.25, 0.3) is 0 Å². The largest absolute Gasteiger partial charge is 0.295 e. The van der Waals surface area contributed by atoms with E-state index in [-0.39, 0.29) is 26.9 Å². The molecule has 2 aromatic rings. The number of hydrazine groups is 1. The Labute approximate surface area is 150 Å². The van der Waals surface area contributed by atoms with E-state index in [1.54, 1.807) is 0 Å². The van der Waals surface area contributed by atoms with Gasteiger partial charge >= 0.3 is 0 Å². The zero-order chi connectivity index (χ0) is 18.0. The lowest BCUT2D eigenvalue weighted by Gasteiger charge is -2.12. The highest BCUT2D eigenvalue weighted by atomic mass is 35.5. The van der Waals surface area contributed by atoms with Gasteiger partial charge in [0.05, 0.1) is 31.8 Å². The molecule has 0 aliphatic carbocycles. The molecule has 0 atom stereocenters. The van der Waals surface area contributed by atoms with Crippen molar-refractivity contribution in [3.8, 4) is 0 Å². The van der Waals surface area contributed by atoms with Gasteiger partial charge in [-0.15, -0.1) is 0 Å². The minimum Gasteiger partial charge on any atom is -0.295 e. The van der Waals surface area contributed by atoms with Crippen LogP contribution in [0.4, 0.5) is 15.8 Å². The lowest BCUT2D eigenvalue weighted by Crippen LogP contribution is -2.29. The molecule has 0 unspecified atom stereocenters. The van der Waals surface area contributed by atoms with Gasteiger partial charge in [-0.2, -0.15) is 0 Å². The van der Waals surface area contributed by atoms with Crippen LogP contribution in [0, 0.1) is 22.9 Å². The highest BCUT2D eigenvalue weighted by Crippen LogP contribution is 2.33. The van der Waals surface area contributed by atoms with E-state index in [2.05, 4.69) is 10.9 Å². The Bertz CT molecular complexity index is 822. The van der Waals surface area contributed by atoms with Gasteiger partial charge in [0.25, 0.3) is 11.6 Å². The molecule has 0 heterocycles. The minimum atomic E-state index is -0.864. The second kappa shape index (κ2) is 7.21. The molecule has 0 spiro atoms. The first-order valence-corrected chi connectivity index (χ1v) is 7.49. The van der Waals surface area contributed by atoms with Crippen molar-refractivity contribution in [2.75, 3.05) is 5.43 Å². The fourth-order valence-corrected chi connectivity index (χ4v) is 2.75. The molecule has 24 heavy (non-hydrogen) atoms. The van der Waals surface area contributed by atoms with Gasteiger partial charge in [-0.3, -0.25) is 25.8 Å². The Hall–Kier alpha value is -2.09. The third-order valence-corrected chi connectivity index (χ3v) is 3.90. The van der Waals surface area contributed by atoms with E-state index in [1.807, 2.05) is 0 Å². The number of carbonyl (C=O) groups is 1. The van der Waals surface area contributed by atoms with Crippen molar-refractivity contribution < 1.29 is 14.1 Å². The SMILES string of the molecule is Cc1c(F)cc(C(=O)NNc2c(Cl)cc(Cl)cc2Cl)cc1[N+](=O)[O-]. The summed E-state index contributed by atoms with van der Waals surface area (Å²) in [6, 6.07) is 4.67. The van der Waals surface area contributed by atoms with Crippen LogP contribution in [-0.4, -0.2) is 10.8 Å². The molecule has 0 aliphatic heterocycles. The number of nitro benzene ring substituents is 1. The molecule has 0 fully saturated rings. The molecule has 2 N–H and O–H groups in total. The highest BCUT2D eigenvalue weighted by molar-refractivity contribution is 6.41. The Morgan fingerprint density at radius 2 is 1.75 bits per heavy atom. The van der Waals surface area contributed by atoms with Gasteiger partial charge in [-0.25, -0.2) is 4.39 Å². The summed E-state index contributed by atoms with van der Waals surface area (Å²) < 4.78 is 13.7. The average molecular weight is 393 g/mol. The number of rotatable bonds is 4. The molecule has 2 rings (SSSR count). The fraction of sp³-hybridized carbons (Fsp3) is 0.0714. The molecule has 0 aromatic heterocycles. The predicted molar refractivity (Wildman–Crippen MR) is 90.4 cm³/mol. The second-order valence-electron chi connectivity index (χ2n) is 4.68. The van der Waals surface area contributed by atoms with Crippen LogP contribution < -0.4 is 10.9 Å². The number of nitrogens with zero attached hydrogens (tertiary/aromatic N) is 1. The van der Waals surface area contributed by atoms with E-state index in [0.29, 0.717) is 5.02 Å². The molecule has 0 saturated heterocycles. The average Bonchev–Trinajstić information content (AvgIpc) is 2.48. The van der Waals surface area contributed by atoms with Crippen LogP contribution in [0.2, 0.25) is 15.1 Å². The van der Waals surface area contributed by atoms with Crippen LogP contribution in [0.1, 0.15) is 15.9 Å². The molecular formula is C14H9Cl3FN3O3. The Morgan fingerprint density at radius 1 is 1.17 bits per heavy atom. The molecule has 126 valence electrons. The molecular weight excluding hydrogens is 384 g/mol. The molecule has 0 bridgehead atoms. The molecule has 0 radical (unpaired) electrons. The topological polar surface area (TPSA) is 84.3 Å². The summed E-state index contributed by atoms with van der Waals surface area (Å²) in [6.07, 6.45) is 0. The number of halogens is 4. The monoisotopic (exact) mass is 391 g/mol. The van der Waals surface area contributed by atoms with Gasteiger partial charge in [0.15, 0.2) is 0 Å². The van der Waals surface area contributed by atoms with Gasteiger partial charge in [0.1, 0.15) is 5.82 Å². The van der Waals surface area contributed by atoms with E-state index in [9.17, 15) is 19.3 Å². The number of hydrogen-bond acceptors (Lipinski definition) is 4. The molecule has 2 aromatic carbocycles. The van der Waals surface area contributed by atoms with Crippen LogP contribution in [0.3, 0.4) is 0 Å². The standard InChI is InChI=1S/C14H9Cl3FN3O3/c1-6-11(18)2-7(3-12(6)21(23)24)14(22)20-19-13-9(16)4-8(15)5-10(13)17/h2-5,19H,1H3,(H,20,22). The maximum absolute atomic E-state index is 13.7. The van der Waals surface area contributed by atoms with Crippen molar-refractivity contribution >= 4 is 52.1 Å². The summed E-state index contributed by atoms with van der Waals surface area (Å²) in [7, 11) is 0. The van der Waals surface area contributed by atoms with Crippen molar-refractivity contribution in [2.45, 2.75) is 6.92 Å². The Kier molecular flexibility index (Phi) is 5.48. The normalized spacial score (nSPS) is 10.4. The lowest BCUT2D eigenvalue weighted by molar-refractivity contribution is -0.385. The fourth-order valence-electron chi connectivity index (χ4n) is 1.84. The van der Waals surface area contributed by atoms with Crippen LogP contribution in [0.5, 0.6) is 0 Å². The molecule has 0 saturated carbocycles. The number of amides is 1. The summed E-state index contributed by atoms with van der Waals surface area (Å²) >= 11 is 17.7. The van der Waals surface area contributed by atoms with Crippen molar-refractivity contribution in [3.05, 3.63) is 66.4 Å². The first kappa shape index (κ1) is 18.3. The van der Waals surface area contributed by atoms with Crippen LogP contribution in [0.15, 0.2) is 24.3 Å².